The minimum Gasteiger partial charge on any atom is -0.379 e. The maximum absolute atomic E-state index is 12.4. The van der Waals surface area contributed by atoms with Crippen LogP contribution in [0.1, 0.15) is 11.1 Å². The lowest BCUT2D eigenvalue weighted by Gasteiger charge is -2.07. The molecular formula is C20H17ClN2O5S2. The van der Waals surface area contributed by atoms with Gasteiger partial charge in [0.2, 0.25) is 0 Å². The molecule has 30 heavy (non-hydrogen) atoms. The Hall–Kier alpha value is -2.88. The van der Waals surface area contributed by atoms with Crippen molar-refractivity contribution in [1.29, 1.82) is 0 Å². The van der Waals surface area contributed by atoms with Crippen LogP contribution >= 0.6 is 11.6 Å². The summed E-state index contributed by atoms with van der Waals surface area (Å²) in [6.45, 7) is 1.85. The van der Waals surface area contributed by atoms with E-state index in [0.29, 0.717) is 10.6 Å². The Bertz CT molecular complexity index is 1270. The van der Waals surface area contributed by atoms with Gasteiger partial charge in [0.15, 0.2) is 0 Å². The van der Waals surface area contributed by atoms with Gasteiger partial charge >= 0.3 is 10.1 Å². The molecule has 0 aliphatic carbocycles. The molecule has 1 N–H and O–H groups in total. The first-order valence-electron chi connectivity index (χ1n) is 8.57. The second-order valence-corrected chi connectivity index (χ2v) is 9.87. The number of aryl methyl sites for hydroxylation is 1. The molecule has 0 saturated carbocycles. The smallest absolute Gasteiger partial charge is 0.339 e. The molecule has 0 unspecified atom stereocenters. The van der Waals surface area contributed by atoms with Gasteiger partial charge in [-0.15, -0.1) is 0 Å². The van der Waals surface area contributed by atoms with Crippen molar-refractivity contribution in [3.8, 4) is 5.75 Å². The van der Waals surface area contributed by atoms with Crippen molar-refractivity contribution >= 4 is 38.0 Å². The molecule has 3 aromatic rings. The first-order valence-corrected chi connectivity index (χ1v) is 11.8. The Balaban J connectivity index is 1.72. The summed E-state index contributed by atoms with van der Waals surface area (Å²) in [5, 5.41) is 4.14. The zero-order chi connectivity index (χ0) is 21.8. The zero-order valence-corrected chi connectivity index (χ0v) is 18.1. The normalized spacial score (nSPS) is 12.1. The fraction of sp³-hybridized carbons (Fsp3) is 0.0500. The quantitative estimate of drug-likeness (QED) is 0.326. The van der Waals surface area contributed by atoms with E-state index >= 15 is 0 Å². The fourth-order valence-corrected chi connectivity index (χ4v) is 4.20. The second-order valence-electron chi connectivity index (χ2n) is 6.23. The monoisotopic (exact) mass is 464 g/mol. The molecule has 156 valence electrons. The average Bonchev–Trinajstić information content (AvgIpc) is 2.68. The first kappa shape index (κ1) is 21.8. The molecule has 0 fully saturated rings. The summed E-state index contributed by atoms with van der Waals surface area (Å²) >= 11 is 5.77. The Morgan fingerprint density at radius 1 is 0.900 bits per heavy atom. The highest BCUT2D eigenvalue weighted by Crippen LogP contribution is 2.21. The predicted molar refractivity (Wildman–Crippen MR) is 115 cm³/mol. The molecule has 0 atom stereocenters. The SMILES string of the molecule is Cc1ccc(S(=O)(=O)NN=Cc2cccc(OS(=O)(=O)c3ccc(Cl)cc3)c2)cc1. The fourth-order valence-electron chi connectivity index (χ4n) is 2.36. The van der Waals surface area contributed by atoms with Crippen LogP contribution in [0.5, 0.6) is 5.75 Å². The summed E-state index contributed by atoms with van der Waals surface area (Å²) in [6.07, 6.45) is 1.24. The highest BCUT2D eigenvalue weighted by molar-refractivity contribution is 7.89. The largest absolute Gasteiger partial charge is 0.379 e. The highest BCUT2D eigenvalue weighted by atomic mass is 35.5. The Labute approximate surface area is 180 Å². The summed E-state index contributed by atoms with van der Waals surface area (Å²) in [6, 6.07) is 17.9. The molecule has 0 aliphatic heterocycles. The number of hydrogen-bond acceptors (Lipinski definition) is 6. The van der Waals surface area contributed by atoms with Gasteiger partial charge in [0, 0.05) is 5.02 Å². The van der Waals surface area contributed by atoms with E-state index < -0.39 is 20.1 Å². The van der Waals surface area contributed by atoms with Crippen LogP contribution in [0.15, 0.2) is 87.7 Å². The summed E-state index contributed by atoms with van der Waals surface area (Å²) in [5.74, 6) is 0.0512. The Kier molecular flexibility index (Phi) is 6.45. The highest BCUT2D eigenvalue weighted by Gasteiger charge is 2.16. The minimum absolute atomic E-state index is 0.0446. The molecular weight excluding hydrogens is 448 g/mol. The van der Waals surface area contributed by atoms with Crippen molar-refractivity contribution in [1.82, 2.24) is 4.83 Å². The summed E-state index contributed by atoms with van der Waals surface area (Å²) in [5.41, 5.74) is 1.37. The first-order chi connectivity index (χ1) is 14.2. The van der Waals surface area contributed by atoms with E-state index in [-0.39, 0.29) is 15.5 Å². The maximum atomic E-state index is 12.4. The van der Waals surface area contributed by atoms with Crippen molar-refractivity contribution in [3.05, 3.63) is 88.9 Å². The number of hydrazone groups is 1. The van der Waals surface area contributed by atoms with Crippen molar-refractivity contribution in [2.75, 3.05) is 0 Å². The van der Waals surface area contributed by atoms with E-state index in [9.17, 15) is 16.8 Å². The zero-order valence-electron chi connectivity index (χ0n) is 15.7. The molecule has 0 bridgehead atoms. The molecule has 3 aromatic carbocycles. The van der Waals surface area contributed by atoms with Crippen LogP contribution in [-0.4, -0.2) is 23.1 Å². The van der Waals surface area contributed by atoms with Crippen LogP contribution in [0.2, 0.25) is 5.02 Å². The molecule has 0 amide bonds. The molecule has 0 spiro atoms. The maximum Gasteiger partial charge on any atom is 0.339 e. The van der Waals surface area contributed by atoms with Gasteiger partial charge in [0.1, 0.15) is 10.6 Å². The Morgan fingerprint density at radius 2 is 1.53 bits per heavy atom. The minimum atomic E-state index is -4.04. The van der Waals surface area contributed by atoms with Crippen LogP contribution in [0.3, 0.4) is 0 Å². The third-order valence-electron chi connectivity index (χ3n) is 3.88. The van der Waals surface area contributed by atoms with Gasteiger partial charge in [-0.25, -0.2) is 4.83 Å². The van der Waals surface area contributed by atoms with Crippen molar-refractivity contribution < 1.29 is 21.0 Å². The van der Waals surface area contributed by atoms with Gasteiger partial charge in [-0.2, -0.15) is 21.9 Å². The van der Waals surface area contributed by atoms with Crippen LogP contribution in [0, 0.1) is 6.92 Å². The molecule has 0 saturated heterocycles. The molecule has 0 aromatic heterocycles. The molecule has 0 aliphatic rings. The number of hydrogen-bond donors (Lipinski definition) is 1. The van der Waals surface area contributed by atoms with Crippen LogP contribution in [0.4, 0.5) is 0 Å². The van der Waals surface area contributed by atoms with Crippen molar-refractivity contribution in [2.24, 2.45) is 5.10 Å². The number of rotatable bonds is 7. The van der Waals surface area contributed by atoms with Gasteiger partial charge < -0.3 is 4.18 Å². The van der Waals surface area contributed by atoms with Crippen molar-refractivity contribution in [2.45, 2.75) is 16.7 Å². The molecule has 0 radical (unpaired) electrons. The topological polar surface area (TPSA) is 102 Å². The average molecular weight is 465 g/mol. The number of nitrogens with one attached hydrogen (secondary N) is 1. The standard InChI is InChI=1S/C20H17ClN2O5S2/c1-15-5-9-19(10-6-15)29(24,25)23-22-14-16-3-2-4-18(13-16)28-30(26,27)20-11-7-17(21)8-12-20/h2-14,23H,1H3. The lowest BCUT2D eigenvalue weighted by Crippen LogP contribution is -2.18. The number of sulfonamides is 1. The van der Waals surface area contributed by atoms with E-state index in [0.717, 1.165) is 5.56 Å². The van der Waals surface area contributed by atoms with Crippen LogP contribution in [-0.2, 0) is 20.1 Å². The number of benzene rings is 3. The van der Waals surface area contributed by atoms with Crippen LogP contribution < -0.4 is 9.01 Å². The lowest BCUT2D eigenvalue weighted by molar-refractivity contribution is 0.486. The van der Waals surface area contributed by atoms with Gasteiger partial charge in [0.25, 0.3) is 10.0 Å². The third kappa shape index (κ3) is 5.59. The van der Waals surface area contributed by atoms with E-state index in [1.54, 1.807) is 24.3 Å². The van der Waals surface area contributed by atoms with Gasteiger partial charge in [0.05, 0.1) is 11.1 Å². The van der Waals surface area contributed by atoms with E-state index in [2.05, 4.69) is 9.93 Å². The number of nitrogens with zero attached hydrogens (tertiary/aromatic N) is 1. The van der Waals surface area contributed by atoms with Crippen molar-refractivity contribution in [3.63, 3.8) is 0 Å². The Morgan fingerprint density at radius 3 is 2.20 bits per heavy atom. The van der Waals surface area contributed by atoms with E-state index in [1.165, 1.54) is 54.7 Å². The molecule has 10 heteroatoms. The molecule has 0 heterocycles. The van der Waals surface area contributed by atoms with Crippen LogP contribution in [0.25, 0.3) is 0 Å². The summed E-state index contributed by atoms with van der Waals surface area (Å²) in [7, 11) is -7.86. The summed E-state index contributed by atoms with van der Waals surface area (Å²) < 4.78 is 54.3. The van der Waals surface area contributed by atoms with Gasteiger partial charge in [-0.05, 0) is 61.0 Å². The third-order valence-corrected chi connectivity index (χ3v) is 6.64. The summed E-state index contributed by atoms with van der Waals surface area (Å²) in [4.78, 5) is 2.15. The predicted octanol–water partition coefficient (Wildman–Crippen LogP) is 3.73. The van der Waals surface area contributed by atoms with Gasteiger partial charge in [-0.1, -0.05) is 41.4 Å². The van der Waals surface area contributed by atoms with Gasteiger partial charge in [-0.3, -0.25) is 0 Å². The number of halogens is 1. The van der Waals surface area contributed by atoms with E-state index in [4.69, 9.17) is 15.8 Å². The van der Waals surface area contributed by atoms with E-state index in [1.807, 2.05) is 6.92 Å². The molecule has 3 rings (SSSR count). The lowest BCUT2D eigenvalue weighted by atomic mass is 10.2. The molecule has 7 nitrogen and oxygen atoms in total. The second kappa shape index (κ2) is 8.86.